The number of hydrogen-bond donors (Lipinski definition) is 1. The Morgan fingerprint density at radius 3 is 2.29 bits per heavy atom. The Labute approximate surface area is 102 Å². The molecule has 0 radical (unpaired) electrons. The van der Waals surface area contributed by atoms with E-state index in [0.29, 0.717) is 5.69 Å². The molecule has 0 atom stereocenters. The number of nitrogens with zero attached hydrogens (tertiary/aromatic N) is 1. The van der Waals surface area contributed by atoms with E-state index in [9.17, 15) is 4.39 Å². The molecule has 2 N–H and O–H groups in total. The highest BCUT2D eigenvalue weighted by Gasteiger charge is 2.14. The van der Waals surface area contributed by atoms with Gasteiger partial charge in [-0.3, -0.25) is 0 Å². The summed E-state index contributed by atoms with van der Waals surface area (Å²) in [6.07, 6.45) is -0.0645. The monoisotopic (exact) mass is 240 g/mol. The molecule has 1 aromatic carbocycles. The summed E-state index contributed by atoms with van der Waals surface area (Å²) in [6.45, 7) is 7.82. The molecule has 4 heteroatoms. The summed E-state index contributed by atoms with van der Waals surface area (Å²) in [5, 5.41) is 0. The number of nitrogens with two attached hydrogens (primary N) is 1. The molecule has 0 heterocycles. The summed E-state index contributed by atoms with van der Waals surface area (Å²) < 4.78 is 19.0. The molecule has 0 spiro atoms. The third kappa shape index (κ3) is 3.25. The van der Waals surface area contributed by atoms with Gasteiger partial charge in [0.1, 0.15) is 0 Å². The number of ether oxygens (including phenoxy) is 1. The smallest absolute Gasteiger partial charge is 0.167 e. The first-order valence-electron chi connectivity index (χ1n) is 5.81. The number of benzene rings is 1. The van der Waals surface area contributed by atoms with Crippen molar-refractivity contribution in [2.24, 2.45) is 0 Å². The van der Waals surface area contributed by atoms with Crippen LogP contribution in [0.3, 0.4) is 0 Å². The van der Waals surface area contributed by atoms with E-state index in [-0.39, 0.29) is 17.9 Å². The molecule has 3 nitrogen and oxygen atoms in total. The number of hydrogen-bond acceptors (Lipinski definition) is 3. The zero-order chi connectivity index (χ0) is 13.2. The fraction of sp³-hybridized carbons (Fsp3) is 0.538. The lowest BCUT2D eigenvalue weighted by Gasteiger charge is -2.26. The van der Waals surface area contributed by atoms with E-state index in [2.05, 4.69) is 0 Å². The molecule has 0 saturated carbocycles. The quantitative estimate of drug-likeness (QED) is 0.822. The molecule has 0 aliphatic heterocycles. The van der Waals surface area contributed by atoms with E-state index in [0.717, 1.165) is 5.69 Å². The average Bonchev–Trinajstić information content (AvgIpc) is 2.20. The van der Waals surface area contributed by atoms with E-state index >= 15 is 0 Å². The summed E-state index contributed by atoms with van der Waals surface area (Å²) in [6, 6.07) is 3.26. The minimum absolute atomic E-state index is 0.0645. The summed E-state index contributed by atoms with van der Waals surface area (Å²) in [5.74, 6) is -0.172. The van der Waals surface area contributed by atoms with Crippen LogP contribution < -0.4 is 15.4 Å². The van der Waals surface area contributed by atoms with Crippen LogP contribution in [0.15, 0.2) is 12.1 Å². The van der Waals surface area contributed by atoms with Gasteiger partial charge in [0, 0.05) is 25.2 Å². The van der Waals surface area contributed by atoms with Gasteiger partial charge < -0.3 is 15.4 Å². The lowest BCUT2D eigenvalue weighted by molar-refractivity contribution is 0.231. The second kappa shape index (κ2) is 5.25. The average molecular weight is 240 g/mol. The van der Waals surface area contributed by atoms with Gasteiger partial charge in [0.25, 0.3) is 0 Å². The summed E-state index contributed by atoms with van der Waals surface area (Å²) in [7, 11) is 1.92. The van der Waals surface area contributed by atoms with Crippen LogP contribution in [0.1, 0.15) is 27.7 Å². The van der Waals surface area contributed by atoms with Crippen molar-refractivity contribution in [1.82, 2.24) is 0 Å². The van der Waals surface area contributed by atoms with Gasteiger partial charge in [0.2, 0.25) is 0 Å². The Kier molecular flexibility index (Phi) is 4.21. The van der Waals surface area contributed by atoms with Crippen molar-refractivity contribution in [2.75, 3.05) is 17.7 Å². The van der Waals surface area contributed by atoms with Crippen molar-refractivity contribution >= 4 is 11.4 Å². The zero-order valence-corrected chi connectivity index (χ0v) is 11.1. The molecular weight excluding hydrogens is 219 g/mol. The van der Waals surface area contributed by atoms with Crippen LogP contribution in [0.25, 0.3) is 0 Å². The molecule has 0 unspecified atom stereocenters. The standard InChI is InChI=1S/C13H21FN2O/c1-8(2)16(5)12-7-13(17-9(3)4)10(14)6-11(12)15/h6-9H,15H2,1-5H3. The largest absolute Gasteiger partial charge is 0.488 e. The molecule has 0 aliphatic carbocycles. The summed E-state index contributed by atoms with van der Waals surface area (Å²) in [4.78, 5) is 1.99. The third-order valence-electron chi connectivity index (χ3n) is 2.60. The second-order valence-corrected chi connectivity index (χ2v) is 4.71. The molecule has 17 heavy (non-hydrogen) atoms. The molecule has 0 saturated heterocycles. The Morgan fingerprint density at radius 2 is 1.82 bits per heavy atom. The highest BCUT2D eigenvalue weighted by molar-refractivity contribution is 5.70. The molecule has 1 rings (SSSR count). The Morgan fingerprint density at radius 1 is 1.24 bits per heavy atom. The fourth-order valence-corrected chi connectivity index (χ4v) is 1.49. The summed E-state index contributed by atoms with van der Waals surface area (Å²) in [5.41, 5.74) is 7.04. The Balaban J connectivity index is 3.14. The van der Waals surface area contributed by atoms with Gasteiger partial charge in [0.15, 0.2) is 11.6 Å². The van der Waals surface area contributed by atoms with Crippen molar-refractivity contribution in [2.45, 2.75) is 39.8 Å². The van der Waals surface area contributed by atoms with Crippen molar-refractivity contribution in [3.05, 3.63) is 17.9 Å². The second-order valence-electron chi connectivity index (χ2n) is 4.71. The SMILES string of the molecule is CC(C)Oc1cc(N(C)C(C)C)c(N)cc1F. The highest BCUT2D eigenvalue weighted by Crippen LogP contribution is 2.31. The molecule has 0 amide bonds. The third-order valence-corrected chi connectivity index (χ3v) is 2.60. The Hall–Kier alpha value is -1.45. The maximum atomic E-state index is 13.6. The molecule has 1 aromatic rings. The van der Waals surface area contributed by atoms with Crippen LogP contribution in [0.2, 0.25) is 0 Å². The van der Waals surface area contributed by atoms with Crippen molar-refractivity contribution in [3.63, 3.8) is 0 Å². The van der Waals surface area contributed by atoms with Crippen LogP contribution in [0.5, 0.6) is 5.75 Å². The molecule has 0 aliphatic rings. The van der Waals surface area contributed by atoms with Crippen LogP contribution >= 0.6 is 0 Å². The van der Waals surface area contributed by atoms with Crippen molar-refractivity contribution in [1.29, 1.82) is 0 Å². The van der Waals surface area contributed by atoms with Gasteiger partial charge in [-0.15, -0.1) is 0 Å². The van der Waals surface area contributed by atoms with Gasteiger partial charge in [0.05, 0.1) is 17.5 Å². The molecule has 0 aromatic heterocycles. The minimum Gasteiger partial charge on any atom is -0.488 e. The molecule has 0 fully saturated rings. The van der Waals surface area contributed by atoms with Gasteiger partial charge in [-0.05, 0) is 27.7 Å². The zero-order valence-electron chi connectivity index (χ0n) is 11.1. The van der Waals surface area contributed by atoms with Crippen LogP contribution in [0, 0.1) is 5.82 Å². The van der Waals surface area contributed by atoms with Gasteiger partial charge in [-0.1, -0.05) is 0 Å². The highest BCUT2D eigenvalue weighted by atomic mass is 19.1. The maximum Gasteiger partial charge on any atom is 0.167 e. The maximum absolute atomic E-state index is 13.6. The van der Waals surface area contributed by atoms with Gasteiger partial charge in [-0.2, -0.15) is 0 Å². The lowest BCUT2D eigenvalue weighted by Crippen LogP contribution is -2.26. The predicted octanol–water partition coefficient (Wildman–Crippen LogP) is 3.04. The number of nitrogen functional groups attached to an aromatic ring is 1. The van der Waals surface area contributed by atoms with Gasteiger partial charge in [-0.25, -0.2) is 4.39 Å². The first-order valence-corrected chi connectivity index (χ1v) is 5.81. The fourth-order valence-electron chi connectivity index (χ4n) is 1.49. The van der Waals surface area contributed by atoms with E-state index in [4.69, 9.17) is 10.5 Å². The number of rotatable bonds is 4. The predicted molar refractivity (Wildman–Crippen MR) is 70.1 cm³/mol. The van der Waals surface area contributed by atoms with Crippen molar-refractivity contribution < 1.29 is 9.13 Å². The van der Waals surface area contributed by atoms with E-state index in [1.807, 2.05) is 39.6 Å². The number of halogens is 1. The Bertz CT molecular complexity index is 391. The first-order chi connectivity index (χ1) is 7.82. The molecule has 0 bridgehead atoms. The van der Waals surface area contributed by atoms with E-state index < -0.39 is 5.82 Å². The normalized spacial score (nSPS) is 11.1. The van der Waals surface area contributed by atoms with Gasteiger partial charge >= 0.3 is 0 Å². The number of anilines is 2. The lowest BCUT2D eigenvalue weighted by atomic mass is 10.2. The van der Waals surface area contributed by atoms with Crippen molar-refractivity contribution in [3.8, 4) is 5.75 Å². The first kappa shape index (κ1) is 13.6. The van der Waals surface area contributed by atoms with E-state index in [1.165, 1.54) is 6.07 Å². The van der Waals surface area contributed by atoms with Crippen LogP contribution in [-0.2, 0) is 0 Å². The molecular formula is C13H21FN2O. The molecule has 96 valence electrons. The topological polar surface area (TPSA) is 38.5 Å². The van der Waals surface area contributed by atoms with Crippen LogP contribution in [-0.4, -0.2) is 19.2 Å². The van der Waals surface area contributed by atoms with Crippen LogP contribution in [0.4, 0.5) is 15.8 Å². The summed E-state index contributed by atoms with van der Waals surface area (Å²) >= 11 is 0. The minimum atomic E-state index is -0.419. The van der Waals surface area contributed by atoms with E-state index in [1.54, 1.807) is 6.07 Å².